The summed E-state index contributed by atoms with van der Waals surface area (Å²) in [5.41, 5.74) is 2.24. The maximum atomic E-state index is 12.2. The molecule has 1 atom stereocenters. The minimum Gasteiger partial charge on any atom is -0.469 e. The molecule has 1 aliphatic carbocycles. The first kappa shape index (κ1) is 14.3. The number of rotatable bonds is 6. The Morgan fingerprint density at radius 2 is 2.16 bits per heavy atom. The maximum absolute atomic E-state index is 12.2. The van der Waals surface area contributed by atoms with E-state index in [1.165, 1.54) is 12.7 Å². The van der Waals surface area contributed by atoms with Crippen LogP contribution >= 0.6 is 0 Å². The summed E-state index contributed by atoms with van der Waals surface area (Å²) in [6.45, 7) is 2.03. The Morgan fingerprint density at radius 1 is 1.42 bits per heavy atom. The van der Waals surface area contributed by atoms with Gasteiger partial charge in [0.2, 0.25) is 0 Å². The number of carbonyl (C=O) groups is 1. The zero-order valence-electron chi connectivity index (χ0n) is 11.5. The van der Waals surface area contributed by atoms with Crippen LogP contribution in [0, 0.1) is 12.3 Å². The summed E-state index contributed by atoms with van der Waals surface area (Å²) in [5, 5.41) is 0. The summed E-state index contributed by atoms with van der Waals surface area (Å²) in [6.07, 6.45) is 2.38. The normalized spacial score (nSPS) is 17.8. The van der Waals surface area contributed by atoms with Crippen molar-refractivity contribution in [3.8, 4) is 0 Å². The van der Waals surface area contributed by atoms with Crippen LogP contribution in [0.1, 0.15) is 30.4 Å². The van der Waals surface area contributed by atoms with E-state index in [9.17, 15) is 9.00 Å². The largest absolute Gasteiger partial charge is 0.469 e. The van der Waals surface area contributed by atoms with Crippen LogP contribution in [-0.2, 0) is 26.1 Å². The molecule has 0 bridgehead atoms. The lowest BCUT2D eigenvalue weighted by Gasteiger charge is -2.13. The van der Waals surface area contributed by atoms with Crippen molar-refractivity contribution in [1.82, 2.24) is 0 Å². The van der Waals surface area contributed by atoms with Gasteiger partial charge in [0.25, 0.3) is 0 Å². The minimum absolute atomic E-state index is 0.0538. The second-order valence-corrected chi connectivity index (χ2v) is 6.93. The van der Waals surface area contributed by atoms with E-state index in [-0.39, 0.29) is 11.4 Å². The third-order valence-corrected chi connectivity index (χ3v) is 5.17. The lowest BCUT2D eigenvalue weighted by Crippen LogP contribution is -2.18. The molecule has 2 rings (SSSR count). The molecule has 0 aromatic heterocycles. The fourth-order valence-corrected chi connectivity index (χ4v) is 4.03. The Labute approximate surface area is 116 Å². The van der Waals surface area contributed by atoms with E-state index in [1.54, 1.807) is 0 Å². The molecule has 0 amide bonds. The van der Waals surface area contributed by atoms with Gasteiger partial charge in [-0.15, -0.1) is 0 Å². The summed E-state index contributed by atoms with van der Waals surface area (Å²) in [5.74, 6) is 0.991. The van der Waals surface area contributed by atoms with Crippen molar-refractivity contribution in [3.05, 3.63) is 35.4 Å². The van der Waals surface area contributed by atoms with Gasteiger partial charge in [-0.3, -0.25) is 9.00 Å². The lowest BCUT2D eigenvalue weighted by atomic mass is 10.1. The smallest absolute Gasteiger partial charge is 0.306 e. The summed E-state index contributed by atoms with van der Waals surface area (Å²) in [4.78, 5) is 11.3. The van der Waals surface area contributed by atoms with E-state index in [1.807, 2.05) is 25.1 Å². The molecule has 1 fully saturated rings. The Morgan fingerprint density at radius 3 is 2.74 bits per heavy atom. The van der Waals surface area contributed by atoms with Crippen LogP contribution in [0.5, 0.6) is 0 Å². The number of ether oxygens (including phenoxy) is 1. The van der Waals surface area contributed by atoms with Crippen molar-refractivity contribution in [3.63, 3.8) is 0 Å². The number of benzene rings is 1. The number of methoxy groups -OCH3 is 1. The highest BCUT2D eigenvalue weighted by Gasteiger charge is 2.45. The Bertz CT molecular complexity index is 492. The van der Waals surface area contributed by atoms with Crippen LogP contribution in [-0.4, -0.2) is 23.0 Å². The van der Waals surface area contributed by atoms with Crippen molar-refractivity contribution in [2.45, 2.75) is 31.9 Å². The molecule has 3 nitrogen and oxygen atoms in total. The summed E-state index contributed by atoms with van der Waals surface area (Å²) >= 11 is 0. The van der Waals surface area contributed by atoms with E-state index < -0.39 is 10.8 Å². The van der Waals surface area contributed by atoms with Crippen LogP contribution < -0.4 is 0 Å². The van der Waals surface area contributed by atoms with E-state index in [4.69, 9.17) is 4.74 Å². The molecule has 19 heavy (non-hydrogen) atoms. The molecule has 0 N–H and O–H groups in total. The summed E-state index contributed by atoms with van der Waals surface area (Å²) in [7, 11) is 0.492. The van der Waals surface area contributed by atoms with Gasteiger partial charge in [-0.1, -0.05) is 29.8 Å². The van der Waals surface area contributed by atoms with Crippen molar-refractivity contribution in [2.75, 3.05) is 12.9 Å². The molecule has 4 heteroatoms. The van der Waals surface area contributed by atoms with Crippen molar-refractivity contribution in [1.29, 1.82) is 0 Å². The first-order valence-electron chi connectivity index (χ1n) is 6.50. The lowest BCUT2D eigenvalue weighted by molar-refractivity contribution is -0.141. The third kappa shape index (κ3) is 4.16. The van der Waals surface area contributed by atoms with Gasteiger partial charge in [0.15, 0.2) is 0 Å². The van der Waals surface area contributed by atoms with Crippen LogP contribution in [0.3, 0.4) is 0 Å². The summed E-state index contributed by atoms with van der Waals surface area (Å²) < 4.78 is 16.9. The predicted octanol–water partition coefficient (Wildman–Crippen LogP) is 2.59. The second-order valence-electron chi connectivity index (χ2n) is 5.47. The molecular formula is C15H20O3S. The topological polar surface area (TPSA) is 43.4 Å². The van der Waals surface area contributed by atoms with Crippen LogP contribution in [0.2, 0.25) is 0 Å². The molecule has 1 aromatic carbocycles. The average Bonchev–Trinajstić information content (AvgIpc) is 3.08. The van der Waals surface area contributed by atoms with Gasteiger partial charge in [0, 0.05) is 22.3 Å². The number of hydrogen-bond acceptors (Lipinski definition) is 3. The van der Waals surface area contributed by atoms with E-state index in [2.05, 4.69) is 6.07 Å². The van der Waals surface area contributed by atoms with E-state index in [0.29, 0.717) is 17.9 Å². The van der Waals surface area contributed by atoms with Gasteiger partial charge >= 0.3 is 5.97 Å². The van der Waals surface area contributed by atoms with Gasteiger partial charge in [0.05, 0.1) is 13.5 Å². The molecule has 1 unspecified atom stereocenters. The van der Waals surface area contributed by atoms with Crippen molar-refractivity contribution < 1.29 is 13.7 Å². The van der Waals surface area contributed by atoms with Gasteiger partial charge in [-0.05, 0) is 30.7 Å². The highest BCUT2D eigenvalue weighted by molar-refractivity contribution is 7.84. The Hall–Kier alpha value is -1.16. The van der Waals surface area contributed by atoms with Crippen molar-refractivity contribution >= 4 is 16.8 Å². The average molecular weight is 280 g/mol. The predicted molar refractivity (Wildman–Crippen MR) is 76.2 cm³/mol. The van der Waals surface area contributed by atoms with Gasteiger partial charge in [-0.2, -0.15) is 0 Å². The monoisotopic (exact) mass is 280 g/mol. The molecular weight excluding hydrogens is 260 g/mol. The zero-order valence-corrected chi connectivity index (χ0v) is 12.3. The molecule has 0 radical (unpaired) electrons. The Kier molecular flexibility index (Phi) is 4.40. The first-order chi connectivity index (χ1) is 9.03. The Balaban J connectivity index is 1.89. The van der Waals surface area contributed by atoms with E-state index in [0.717, 1.165) is 18.4 Å². The second kappa shape index (κ2) is 5.87. The number of esters is 1. The quantitative estimate of drug-likeness (QED) is 0.752. The number of carbonyl (C=O) groups excluding carboxylic acids is 1. The highest BCUT2D eigenvalue weighted by atomic mass is 32.2. The minimum atomic E-state index is -0.912. The molecule has 0 spiro atoms. The summed E-state index contributed by atoms with van der Waals surface area (Å²) in [6, 6.07) is 8.10. The fraction of sp³-hybridized carbons (Fsp3) is 0.533. The number of hydrogen-bond donors (Lipinski definition) is 0. The SMILES string of the molecule is COC(=O)CC1(CS(=O)Cc2cccc(C)c2)CC1. The highest BCUT2D eigenvalue weighted by Crippen LogP contribution is 2.49. The van der Waals surface area contributed by atoms with Crippen LogP contribution in [0.4, 0.5) is 0 Å². The third-order valence-electron chi connectivity index (χ3n) is 3.58. The molecule has 0 saturated heterocycles. The van der Waals surface area contributed by atoms with Crippen LogP contribution in [0.15, 0.2) is 24.3 Å². The molecule has 0 heterocycles. The number of aryl methyl sites for hydroxylation is 1. The molecule has 104 valence electrons. The van der Waals surface area contributed by atoms with Crippen LogP contribution in [0.25, 0.3) is 0 Å². The van der Waals surface area contributed by atoms with E-state index >= 15 is 0 Å². The molecule has 0 aliphatic heterocycles. The first-order valence-corrected chi connectivity index (χ1v) is 7.99. The van der Waals surface area contributed by atoms with Crippen molar-refractivity contribution in [2.24, 2.45) is 5.41 Å². The maximum Gasteiger partial charge on any atom is 0.306 e. The zero-order chi connectivity index (χ0) is 13.9. The fourth-order valence-electron chi connectivity index (χ4n) is 2.31. The molecule has 1 aliphatic rings. The van der Waals surface area contributed by atoms with Gasteiger partial charge in [0.1, 0.15) is 0 Å². The molecule has 1 saturated carbocycles. The van der Waals surface area contributed by atoms with Gasteiger partial charge < -0.3 is 4.74 Å². The van der Waals surface area contributed by atoms with Gasteiger partial charge in [-0.25, -0.2) is 0 Å². The molecule has 1 aromatic rings. The standard InChI is InChI=1S/C15H20O3S/c1-12-4-3-5-13(8-12)10-19(17)11-15(6-7-15)9-14(16)18-2/h3-5,8H,6-7,9-11H2,1-2H3.